The van der Waals surface area contributed by atoms with E-state index in [9.17, 15) is 21.2 Å². The summed E-state index contributed by atoms with van der Waals surface area (Å²) in [6.45, 7) is 1.89. The van der Waals surface area contributed by atoms with Crippen LogP contribution in [0.1, 0.15) is 31.2 Å². The van der Waals surface area contributed by atoms with E-state index in [1.54, 1.807) is 12.1 Å². The maximum Gasteiger partial charge on any atom is 0.243 e. The van der Waals surface area contributed by atoms with Gasteiger partial charge in [-0.1, -0.05) is 18.2 Å². The predicted octanol–water partition coefficient (Wildman–Crippen LogP) is 3.67. The Kier molecular flexibility index (Phi) is 7.53. The molecule has 2 aromatic carbocycles. The van der Waals surface area contributed by atoms with Gasteiger partial charge in [0.1, 0.15) is 5.82 Å². The van der Waals surface area contributed by atoms with Gasteiger partial charge in [-0.2, -0.15) is 4.31 Å². The molecule has 2 fully saturated rings. The van der Waals surface area contributed by atoms with Crippen LogP contribution in [0.4, 0.5) is 4.39 Å². The molecule has 2 heterocycles. The van der Waals surface area contributed by atoms with E-state index in [4.69, 9.17) is 4.74 Å². The van der Waals surface area contributed by atoms with Gasteiger partial charge in [0, 0.05) is 26.3 Å². The van der Waals surface area contributed by atoms with Crippen LogP contribution in [0.3, 0.4) is 0 Å². The van der Waals surface area contributed by atoms with Crippen molar-refractivity contribution in [1.29, 1.82) is 0 Å². The lowest BCUT2D eigenvalue weighted by Crippen LogP contribution is -2.38. The van der Waals surface area contributed by atoms with Crippen molar-refractivity contribution < 1.29 is 26.0 Å². The number of benzene rings is 2. The van der Waals surface area contributed by atoms with Crippen LogP contribution >= 0.6 is 0 Å². The number of sulfone groups is 1. The molecular formula is C24H30FNO5S2. The fourth-order valence-electron chi connectivity index (χ4n) is 4.62. The maximum atomic E-state index is 13.9. The molecule has 0 saturated carbocycles. The van der Waals surface area contributed by atoms with Crippen LogP contribution in [0.15, 0.2) is 58.3 Å². The Morgan fingerprint density at radius 2 is 1.42 bits per heavy atom. The smallest absolute Gasteiger partial charge is 0.243 e. The molecule has 0 aromatic heterocycles. The third kappa shape index (κ3) is 5.82. The number of sulfonamides is 1. The summed E-state index contributed by atoms with van der Waals surface area (Å²) in [5.41, 5.74) is 0.663. The minimum absolute atomic E-state index is 0.0536. The number of halogens is 1. The number of ether oxygens (including phenoxy) is 1. The highest BCUT2D eigenvalue weighted by Crippen LogP contribution is 2.28. The fourth-order valence-corrected chi connectivity index (χ4v) is 7.78. The van der Waals surface area contributed by atoms with Gasteiger partial charge in [0.05, 0.1) is 15.5 Å². The van der Waals surface area contributed by atoms with E-state index in [1.165, 1.54) is 34.6 Å². The first-order chi connectivity index (χ1) is 15.8. The number of hydrogen-bond donors (Lipinski definition) is 0. The normalized spacial score (nSPS) is 19.5. The zero-order chi connectivity index (χ0) is 23.5. The number of nitrogens with zero attached hydrogens (tertiary/aromatic N) is 1. The summed E-state index contributed by atoms with van der Waals surface area (Å²) in [5, 5.41) is 0. The van der Waals surface area contributed by atoms with Crippen molar-refractivity contribution in [3.63, 3.8) is 0 Å². The predicted molar refractivity (Wildman–Crippen MR) is 124 cm³/mol. The summed E-state index contributed by atoms with van der Waals surface area (Å²) < 4.78 is 72.3. The number of rotatable bonds is 7. The Labute approximate surface area is 195 Å². The van der Waals surface area contributed by atoms with E-state index >= 15 is 0 Å². The molecule has 0 N–H and O–H groups in total. The van der Waals surface area contributed by atoms with Gasteiger partial charge in [0.25, 0.3) is 0 Å². The molecule has 0 bridgehead atoms. The molecule has 33 heavy (non-hydrogen) atoms. The summed E-state index contributed by atoms with van der Waals surface area (Å²) in [6, 6.07) is 12.3. The molecule has 0 unspecified atom stereocenters. The molecule has 0 aliphatic carbocycles. The molecule has 2 aliphatic rings. The molecule has 4 rings (SSSR count). The first kappa shape index (κ1) is 24.3. The summed E-state index contributed by atoms with van der Waals surface area (Å²) in [4.78, 5) is 0.247. The molecule has 2 aromatic rings. The highest BCUT2D eigenvalue weighted by Gasteiger charge is 2.30. The van der Waals surface area contributed by atoms with E-state index < -0.39 is 19.9 Å². The highest BCUT2D eigenvalue weighted by molar-refractivity contribution is 7.91. The van der Waals surface area contributed by atoms with Crippen LogP contribution in [-0.4, -0.2) is 53.2 Å². The third-order valence-electron chi connectivity index (χ3n) is 6.66. The van der Waals surface area contributed by atoms with Crippen LogP contribution in [0.2, 0.25) is 0 Å². The molecule has 0 spiro atoms. The van der Waals surface area contributed by atoms with Crippen molar-refractivity contribution in [1.82, 2.24) is 4.31 Å². The zero-order valence-electron chi connectivity index (χ0n) is 18.5. The van der Waals surface area contributed by atoms with Crippen molar-refractivity contribution in [3.05, 3.63) is 59.9 Å². The van der Waals surface area contributed by atoms with Gasteiger partial charge in [-0.25, -0.2) is 21.2 Å². The molecule has 2 aliphatic heterocycles. The summed E-state index contributed by atoms with van der Waals surface area (Å²) in [5.74, 6) is 0.126. The quantitative estimate of drug-likeness (QED) is 0.586. The molecule has 6 nitrogen and oxygen atoms in total. The van der Waals surface area contributed by atoms with E-state index in [1.807, 2.05) is 6.07 Å². The van der Waals surface area contributed by atoms with Crippen LogP contribution in [0.25, 0.3) is 0 Å². The van der Waals surface area contributed by atoms with E-state index in [0.29, 0.717) is 51.1 Å². The van der Waals surface area contributed by atoms with Gasteiger partial charge >= 0.3 is 0 Å². The second-order valence-corrected chi connectivity index (χ2v) is 12.9. The molecular weight excluding hydrogens is 465 g/mol. The Bertz CT molecular complexity index is 1150. The van der Waals surface area contributed by atoms with Crippen molar-refractivity contribution in [2.75, 3.05) is 32.1 Å². The van der Waals surface area contributed by atoms with Gasteiger partial charge in [0.2, 0.25) is 10.0 Å². The average Bonchev–Trinajstić information content (AvgIpc) is 2.81. The molecule has 0 amide bonds. The third-order valence-corrected chi connectivity index (χ3v) is 10.5. The van der Waals surface area contributed by atoms with Gasteiger partial charge in [-0.05, 0) is 79.8 Å². The lowest BCUT2D eigenvalue weighted by Gasteiger charge is -2.31. The largest absolute Gasteiger partial charge is 0.381 e. The Balaban J connectivity index is 1.38. The molecule has 9 heteroatoms. The summed E-state index contributed by atoms with van der Waals surface area (Å²) in [6.07, 6.45) is 3.35. The first-order valence-corrected chi connectivity index (χ1v) is 14.5. The topological polar surface area (TPSA) is 80.8 Å². The van der Waals surface area contributed by atoms with Gasteiger partial charge in [0.15, 0.2) is 9.84 Å². The number of piperidine rings is 1. The molecule has 180 valence electrons. The second kappa shape index (κ2) is 10.2. The van der Waals surface area contributed by atoms with Crippen LogP contribution in [0, 0.1) is 17.7 Å². The lowest BCUT2D eigenvalue weighted by molar-refractivity contribution is 0.0723. The van der Waals surface area contributed by atoms with Gasteiger partial charge in [-0.15, -0.1) is 0 Å². The SMILES string of the molecule is O=S(=O)(CC1CCOCC1)c1ccc(S(=O)(=O)N2CCC(Cc3ccccc3F)CC2)cc1. The molecule has 0 atom stereocenters. The zero-order valence-corrected chi connectivity index (χ0v) is 20.2. The lowest BCUT2D eigenvalue weighted by atomic mass is 9.91. The van der Waals surface area contributed by atoms with Crippen molar-refractivity contribution in [2.45, 2.75) is 41.9 Å². The van der Waals surface area contributed by atoms with Crippen LogP contribution in [0.5, 0.6) is 0 Å². The van der Waals surface area contributed by atoms with Gasteiger partial charge in [-0.3, -0.25) is 0 Å². The summed E-state index contributed by atoms with van der Waals surface area (Å²) in [7, 11) is -7.19. The number of hydrogen-bond acceptors (Lipinski definition) is 5. The first-order valence-electron chi connectivity index (χ1n) is 11.4. The Hall–Kier alpha value is -1.81. The minimum Gasteiger partial charge on any atom is -0.381 e. The van der Waals surface area contributed by atoms with E-state index in [-0.39, 0.29) is 33.2 Å². The Morgan fingerprint density at radius 3 is 2.06 bits per heavy atom. The summed E-state index contributed by atoms with van der Waals surface area (Å²) >= 11 is 0. The fraction of sp³-hybridized carbons (Fsp3) is 0.500. The monoisotopic (exact) mass is 495 g/mol. The molecule has 0 radical (unpaired) electrons. The Morgan fingerprint density at radius 1 is 0.818 bits per heavy atom. The average molecular weight is 496 g/mol. The molecule has 2 saturated heterocycles. The van der Waals surface area contributed by atoms with E-state index in [2.05, 4.69) is 0 Å². The van der Waals surface area contributed by atoms with Gasteiger partial charge < -0.3 is 4.74 Å². The van der Waals surface area contributed by atoms with Crippen LogP contribution in [-0.2, 0) is 31.0 Å². The standard InChI is InChI=1S/C24H30FNO5S2/c25-24-4-2-1-3-21(24)17-19-9-13-26(14-10-19)33(29,30)23-7-5-22(6-8-23)32(27,28)18-20-11-15-31-16-12-20/h1-8,19-20H,9-18H2. The van der Waals surface area contributed by atoms with Crippen molar-refractivity contribution >= 4 is 19.9 Å². The highest BCUT2D eigenvalue weighted by atomic mass is 32.2. The second-order valence-electron chi connectivity index (χ2n) is 8.95. The maximum absolute atomic E-state index is 13.9. The van der Waals surface area contributed by atoms with Crippen molar-refractivity contribution in [3.8, 4) is 0 Å². The minimum atomic E-state index is -3.71. The van der Waals surface area contributed by atoms with Crippen molar-refractivity contribution in [2.24, 2.45) is 11.8 Å². The van der Waals surface area contributed by atoms with E-state index in [0.717, 1.165) is 12.8 Å². The van der Waals surface area contributed by atoms with Crippen LogP contribution < -0.4 is 0 Å².